The molecule has 0 atom stereocenters. The molecule has 0 aromatic carbocycles. The number of hydrogen-bond acceptors (Lipinski definition) is 5. The number of nitrogens with one attached hydrogen (secondary N) is 1. The lowest BCUT2D eigenvalue weighted by Gasteiger charge is -2.08. The second-order valence-corrected chi connectivity index (χ2v) is 6.48. The predicted molar refractivity (Wildman–Crippen MR) is 88.6 cm³/mol. The first-order chi connectivity index (χ1) is 10.2. The molecule has 2 rings (SSSR count). The summed E-state index contributed by atoms with van der Waals surface area (Å²) in [7, 11) is 1.70. The van der Waals surface area contributed by atoms with Gasteiger partial charge in [-0.1, -0.05) is 6.07 Å². The lowest BCUT2D eigenvalue weighted by Crippen LogP contribution is -2.18. The van der Waals surface area contributed by atoms with Crippen LogP contribution in [0.15, 0.2) is 45.1 Å². The van der Waals surface area contributed by atoms with Gasteiger partial charge in [-0.25, -0.2) is 9.97 Å². The van der Waals surface area contributed by atoms with Gasteiger partial charge in [0.25, 0.3) is 0 Å². The summed E-state index contributed by atoms with van der Waals surface area (Å²) >= 11 is 4.97. The Morgan fingerprint density at radius 2 is 2.14 bits per heavy atom. The summed E-state index contributed by atoms with van der Waals surface area (Å²) in [6.07, 6.45) is 3.71. The molecule has 2 heterocycles. The smallest absolute Gasteiger partial charge is 0.105 e. The Hall–Kier alpha value is -0.950. The molecule has 0 aliphatic carbocycles. The van der Waals surface area contributed by atoms with Crippen molar-refractivity contribution < 1.29 is 4.74 Å². The van der Waals surface area contributed by atoms with Gasteiger partial charge in [-0.3, -0.25) is 0 Å². The van der Waals surface area contributed by atoms with Crippen LogP contribution in [0.2, 0.25) is 0 Å². The van der Waals surface area contributed by atoms with E-state index in [1.807, 2.05) is 18.3 Å². The van der Waals surface area contributed by atoms with Crippen LogP contribution in [-0.2, 0) is 11.3 Å². The van der Waals surface area contributed by atoms with Crippen LogP contribution < -0.4 is 5.32 Å². The van der Waals surface area contributed by atoms with E-state index >= 15 is 0 Å². The molecule has 0 aliphatic rings. The fourth-order valence-electron chi connectivity index (χ4n) is 1.75. The number of hydrogen-bond donors (Lipinski definition) is 1. The Labute approximate surface area is 137 Å². The van der Waals surface area contributed by atoms with E-state index < -0.39 is 0 Å². The van der Waals surface area contributed by atoms with Crippen molar-refractivity contribution in [1.82, 2.24) is 15.3 Å². The summed E-state index contributed by atoms with van der Waals surface area (Å²) in [4.78, 5) is 8.89. The molecule has 2 aromatic rings. The third-order valence-corrected chi connectivity index (χ3v) is 4.34. The Morgan fingerprint density at radius 1 is 1.29 bits per heavy atom. The van der Waals surface area contributed by atoms with Gasteiger partial charge < -0.3 is 10.1 Å². The van der Waals surface area contributed by atoms with E-state index in [-0.39, 0.29) is 0 Å². The number of nitrogens with zero attached hydrogens (tertiary/aromatic N) is 2. The summed E-state index contributed by atoms with van der Waals surface area (Å²) in [5.41, 5.74) is 2.34. The van der Waals surface area contributed by atoms with Crippen molar-refractivity contribution in [2.45, 2.75) is 23.5 Å². The standard InChI is InChI=1S/C15H18BrN3OS/c1-11-7-12(8-17-5-6-20-2)9-19-15(11)21-14-4-3-13(16)10-18-14/h3-4,7,9-10,17H,5-6,8H2,1-2H3. The van der Waals surface area contributed by atoms with Crippen molar-refractivity contribution in [1.29, 1.82) is 0 Å². The van der Waals surface area contributed by atoms with Crippen LogP contribution in [0.1, 0.15) is 11.1 Å². The molecular formula is C15H18BrN3OS. The fourth-order valence-corrected chi connectivity index (χ4v) is 2.75. The molecule has 0 saturated carbocycles. The first-order valence-corrected chi connectivity index (χ1v) is 8.24. The lowest BCUT2D eigenvalue weighted by atomic mass is 10.2. The summed E-state index contributed by atoms with van der Waals surface area (Å²) < 4.78 is 5.99. The zero-order chi connectivity index (χ0) is 15.1. The van der Waals surface area contributed by atoms with Crippen molar-refractivity contribution in [3.05, 3.63) is 46.2 Å². The second kappa shape index (κ2) is 8.48. The topological polar surface area (TPSA) is 47.0 Å². The molecule has 6 heteroatoms. The molecule has 0 spiro atoms. The molecule has 1 N–H and O–H groups in total. The van der Waals surface area contributed by atoms with Crippen LogP contribution >= 0.6 is 27.7 Å². The van der Waals surface area contributed by atoms with Gasteiger partial charge in [0.2, 0.25) is 0 Å². The number of halogens is 1. The summed E-state index contributed by atoms with van der Waals surface area (Å²) in [6.45, 7) is 4.44. The molecule has 112 valence electrons. The number of ether oxygens (including phenoxy) is 1. The Bertz CT molecular complexity index is 578. The number of aryl methyl sites for hydroxylation is 1. The van der Waals surface area contributed by atoms with Crippen LogP contribution in [0, 0.1) is 6.92 Å². The van der Waals surface area contributed by atoms with Crippen LogP contribution in [-0.4, -0.2) is 30.2 Å². The Morgan fingerprint density at radius 3 is 2.81 bits per heavy atom. The first kappa shape index (κ1) is 16.4. The average Bonchev–Trinajstić information content (AvgIpc) is 2.48. The van der Waals surface area contributed by atoms with Gasteiger partial charge in [-0.2, -0.15) is 0 Å². The highest BCUT2D eigenvalue weighted by molar-refractivity contribution is 9.10. The van der Waals surface area contributed by atoms with Gasteiger partial charge in [0.05, 0.1) is 6.61 Å². The minimum absolute atomic E-state index is 0.718. The third kappa shape index (κ3) is 5.39. The fraction of sp³-hybridized carbons (Fsp3) is 0.333. The van der Waals surface area contributed by atoms with E-state index in [0.29, 0.717) is 0 Å². The van der Waals surface area contributed by atoms with Crippen LogP contribution in [0.4, 0.5) is 0 Å². The van der Waals surface area contributed by atoms with E-state index in [9.17, 15) is 0 Å². The van der Waals surface area contributed by atoms with Crippen molar-refractivity contribution in [3.63, 3.8) is 0 Å². The molecule has 0 amide bonds. The Balaban J connectivity index is 1.97. The zero-order valence-corrected chi connectivity index (χ0v) is 14.5. The molecule has 2 aromatic heterocycles. The van der Waals surface area contributed by atoms with E-state index in [0.717, 1.165) is 39.8 Å². The average molecular weight is 368 g/mol. The highest BCUT2D eigenvalue weighted by atomic mass is 79.9. The zero-order valence-electron chi connectivity index (χ0n) is 12.1. The van der Waals surface area contributed by atoms with Crippen molar-refractivity contribution in [3.8, 4) is 0 Å². The normalized spacial score (nSPS) is 10.8. The molecule has 0 aliphatic heterocycles. The molecule has 0 saturated heterocycles. The van der Waals surface area contributed by atoms with Crippen molar-refractivity contribution in [2.24, 2.45) is 0 Å². The van der Waals surface area contributed by atoms with Gasteiger partial charge in [-0.15, -0.1) is 0 Å². The highest BCUT2D eigenvalue weighted by Gasteiger charge is 2.05. The predicted octanol–water partition coefficient (Wildman–Crippen LogP) is 3.43. The van der Waals surface area contributed by atoms with Gasteiger partial charge in [0, 0.05) is 37.1 Å². The molecular weight excluding hydrogens is 350 g/mol. The number of methoxy groups -OCH3 is 1. The third-order valence-electron chi connectivity index (χ3n) is 2.80. The van der Waals surface area contributed by atoms with Crippen molar-refractivity contribution >= 4 is 27.7 Å². The first-order valence-electron chi connectivity index (χ1n) is 6.63. The molecule has 0 unspecified atom stereocenters. The minimum atomic E-state index is 0.718. The van der Waals surface area contributed by atoms with Gasteiger partial charge in [-0.05, 0) is 57.9 Å². The van der Waals surface area contributed by atoms with E-state index in [4.69, 9.17) is 4.74 Å². The maximum absolute atomic E-state index is 5.01. The van der Waals surface area contributed by atoms with Crippen molar-refractivity contribution in [2.75, 3.05) is 20.3 Å². The summed E-state index contributed by atoms with van der Waals surface area (Å²) in [6, 6.07) is 6.13. The summed E-state index contributed by atoms with van der Waals surface area (Å²) in [5.74, 6) is 0. The maximum Gasteiger partial charge on any atom is 0.105 e. The van der Waals surface area contributed by atoms with E-state index in [1.54, 1.807) is 25.1 Å². The molecule has 0 fully saturated rings. The van der Waals surface area contributed by atoms with Crippen LogP contribution in [0.3, 0.4) is 0 Å². The highest BCUT2D eigenvalue weighted by Crippen LogP contribution is 2.27. The molecule has 4 nitrogen and oxygen atoms in total. The molecule has 0 bridgehead atoms. The minimum Gasteiger partial charge on any atom is -0.383 e. The van der Waals surface area contributed by atoms with Gasteiger partial charge in [0.1, 0.15) is 10.1 Å². The largest absolute Gasteiger partial charge is 0.383 e. The van der Waals surface area contributed by atoms with Crippen LogP contribution in [0.25, 0.3) is 0 Å². The monoisotopic (exact) mass is 367 g/mol. The lowest BCUT2D eigenvalue weighted by molar-refractivity contribution is 0.199. The number of aromatic nitrogens is 2. The second-order valence-electron chi connectivity index (χ2n) is 4.55. The van der Waals surface area contributed by atoms with Crippen LogP contribution in [0.5, 0.6) is 0 Å². The quantitative estimate of drug-likeness (QED) is 0.759. The SMILES string of the molecule is COCCNCc1cnc(Sc2ccc(Br)cn2)c(C)c1. The summed E-state index contributed by atoms with van der Waals surface area (Å²) in [5, 5.41) is 5.25. The number of rotatable bonds is 7. The van der Waals surface area contributed by atoms with E-state index in [1.165, 1.54) is 5.56 Å². The Kier molecular flexibility index (Phi) is 6.63. The molecule has 0 radical (unpaired) electrons. The van der Waals surface area contributed by atoms with Gasteiger partial charge in [0.15, 0.2) is 0 Å². The maximum atomic E-state index is 5.01. The molecule has 21 heavy (non-hydrogen) atoms. The van der Waals surface area contributed by atoms with E-state index in [2.05, 4.69) is 44.2 Å². The van der Waals surface area contributed by atoms with Gasteiger partial charge >= 0.3 is 0 Å². The number of pyridine rings is 2.